The summed E-state index contributed by atoms with van der Waals surface area (Å²) in [5, 5.41) is 0. The fraction of sp³-hybridized carbons (Fsp3) is 0.300. The molecule has 1 aliphatic rings. The first-order chi connectivity index (χ1) is 12.2. The minimum Gasteiger partial charge on any atom is -0.497 e. The summed E-state index contributed by atoms with van der Waals surface area (Å²) < 4.78 is 7.23. The van der Waals surface area contributed by atoms with Crippen LogP contribution in [0.3, 0.4) is 0 Å². The van der Waals surface area contributed by atoms with Gasteiger partial charge in [-0.25, -0.2) is 4.98 Å². The molecule has 2 heterocycles. The van der Waals surface area contributed by atoms with Crippen LogP contribution in [0.25, 0.3) is 5.65 Å². The molecule has 25 heavy (non-hydrogen) atoms. The van der Waals surface area contributed by atoms with Crippen molar-refractivity contribution in [2.24, 2.45) is 0 Å². The summed E-state index contributed by atoms with van der Waals surface area (Å²) in [5.41, 5.74) is 2.97. The van der Waals surface area contributed by atoms with Gasteiger partial charge in [0.25, 0.3) is 0 Å². The molecule has 0 atom stereocenters. The van der Waals surface area contributed by atoms with E-state index in [1.807, 2.05) is 59.8 Å². The highest BCUT2D eigenvalue weighted by Crippen LogP contribution is 2.29. The summed E-state index contributed by atoms with van der Waals surface area (Å²) in [6.45, 7) is 0.602. The van der Waals surface area contributed by atoms with E-state index in [1.165, 1.54) is 0 Å². The summed E-state index contributed by atoms with van der Waals surface area (Å²) in [7, 11) is 1.64. The van der Waals surface area contributed by atoms with Gasteiger partial charge in [-0.1, -0.05) is 18.2 Å². The second-order valence-electron chi connectivity index (χ2n) is 6.46. The summed E-state index contributed by atoms with van der Waals surface area (Å²) in [6, 6.07) is 14.0. The maximum atomic E-state index is 12.9. The molecule has 128 valence electrons. The molecule has 0 radical (unpaired) electrons. The summed E-state index contributed by atoms with van der Waals surface area (Å²) in [6.07, 6.45) is 6.45. The van der Waals surface area contributed by atoms with Crippen LogP contribution in [0.1, 0.15) is 24.1 Å². The predicted octanol–water partition coefficient (Wildman–Crippen LogP) is 3.08. The monoisotopic (exact) mass is 335 g/mol. The van der Waals surface area contributed by atoms with E-state index in [-0.39, 0.29) is 5.91 Å². The van der Waals surface area contributed by atoms with E-state index in [0.717, 1.165) is 35.5 Å². The van der Waals surface area contributed by atoms with Gasteiger partial charge >= 0.3 is 0 Å². The Morgan fingerprint density at radius 3 is 2.76 bits per heavy atom. The Kier molecular flexibility index (Phi) is 4.14. The number of pyridine rings is 1. The molecule has 3 aromatic rings. The first-order valence-electron chi connectivity index (χ1n) is 8.58. The van der Waals surface area contributed by atoms with Gasteiger partial charge in [0, 0.05) is 12.2 Å². The normalized spacial score (nSPS) is 13.8. The Labute approximate surface area is 146 Å². The van der Waals surface area contributed by atoms with Gasteiger partial charge in [-0.15, -0.1) is 0 Å². The Bertz CT molecular complexity index is 881. The molecule has 1 amide bonds. The number of imidazole rings is 1. The highest BCUT2D eigenvalue weighted by atomic mass is 16.5. The maximum Gasteiger partial charge on any atom is 0.227 e. The van der Waals surface area contributed by atoms with Crippen molar-refractivity contribution < 1.29 is 9.53 Å². The van der Waals surface area contributed by atoms with E-state index in [1.54, 1.807) is 7.11 Å². The van der Waals surface area contributed by atoms with E-state index in [9.17, 15) is 4.79 Å². The number of rotatable bonds is 6. The lowest BCUT2D eigenvalue weighted by molar-refractivity contribution is -0.131. The van der Waals surface area contributed by atoms with Crippen molar-refractivity contribution in [3.05, 3.63) is 66.1 Å². The number of hydrogen-bond acceptors (Lipinski definition) is 3. The average molecular weight is 335 g/mol. The molecule has 1 aliphatic carbocycles. The zero-order chi connectivity index (χ0) is 17.2. The number of aromatic nitrogens is 2. The van der Waals surface area contributed by atoms with Crippen molar-refractivity contribution in [3.8, 4) is 5.75 Å². The minimum absolute atomic E-state index is 0.165. The topological polar surface area (TPSA) is 46.8 Å². The van der Waals surface area contributed by atoms with Gasteiger partial charge in [-0.3, -0.25) is 4.79 Å². The lowest BCUT2D eigenvalue weighted by Gasteiger charge is -2.22. The summed E-state index contributed by atoms with van der Waals surface area (Å²) >= 11 is 0. The van der Waals surface area contributed by atoms with E-state index in [0.29, 0.717) is 19.0 Å². The van der Waals surface area contributed by atoms with Gasteiger partial charge in [0.1, 0.15) is 11.4 Å². The second kappa shape index (κ2) is 6.59. The van der Waals surface area contributed by atoms with E-state index >= 15 is 0 Å². The Morgan fingerprint density at radius 2 is 2.04 bits per heavy atom. The fourth-order valence-corrected chi connectivity index (χ4v) is 3.10. The molecule has 4 rings (SSSR count). The number of carbonyl (C=O) groups is 1. The number of hydrogen-bond donors (Lipinski definition) is 0. The minimum atomic E-state index is 0.165. The molecule has 0 bridgehead atoms. The first-order valence-corrected chi connectivity index (χ1v) is 8.58. The zero-order valence-corrected chi connectivity index (χ0v) is 14.3. The lowest BCUT2D eigenvalue weighted by Crippen LogP contribution is -2.34. The van der Waals surface area contributed by atoms with Crippen LogP contribution in [0.15, 0.2) is 54.9 Å². The van der Waals surface area contributed by atoms with Crippen LogP contribution < -0.4 is 4.74 Å². The van der Waals surface area contributed by atoms with Crippen molar-refractivity contribution in [1.29, 1.82) is 0 Å². The Balaban J connectivity index is 1.51. The Morgan fingerprint density at radius 1 is 1.24 bits per heavy atom. The number of nitrogens with zero attached hydrogens (tertiary/aromatic N) is 3. The van der Waals surface area contributed by atoms with Crippen molar-refractivity contribution >= 4 is 11.6 Å². The molecular formula is C20H21N3O2. The number of carbonyl (C=O) groups excluding carboxylic acids is 1. The highest BCUT2D eigenvalue weighted by Gasteiger charge is 2.33. The number of ether oxygens (including phenoxy) is 1. The number of fused-ring (bicyclic) bond motifs is 1. The molecule has 0 spiro atoms. The van der Waals surface area contributed by atoms with Crippen LogP contribution >= 0.6 is 0 Å². The molecule has 1 aromatic carbocycles. The third kappa shape index (κ3) is 3.36. The number of methoxy groups -OCH3 is 1. The fourth-order valence-electron chi connectivity index (χ4n) is 3.10. The van der Waals surface area contributed by atoms with Gasteiger partial charge in [0.15, 0.2) is 0 Å². The lowest BCUT2D eigenvalue weighted by atomic mass is 10.1. The second-order valence-corrected chi connectivity index (χ2v) is 6.46. The number of benzene rings is 1. The Hall–Kier alpha value is -2.82. The molecule has 5 nitrogen and oxygen atoms in total. The smallest absolute Gasteiger partial charge is 0.227 e. The molecule has 0 N–H and O–H groups in total. The van der Waals surface area contributed by atoms with Gasteiger partial charge in [0.05, 0.1) is 32.0 Å². The van der Waals surface area contributed by atoms with E-state index < -0.39 is 0 Å². The molecule has 0 saturated heterocycles. The van der Waals surface area contributed by atoms with Crippen molar-refractivity contribution in [3.63, 3.8) is 0 Å². The van der Waals surface area contributed by atoms with Crippen molar-refractivity contribution in [2.75, 3.05) is 7.11 Å². The van der Waals surface area contributed by atoms with Crippen LogP contribution in [-0.4, -0.2) is 33.3 Å². The van der Waals surface area contributed by atoms with Crippen LogP contribution in [0.2, 0.25) is 0 Å². The SMILES string of the molecule is COc1ccc(CC(=O)N(Cc2cnc3ccccn23)C2CC2)cc1. The molecule has 1 saturated carbocycles. The largest absolute Gasteiger partial charge is 0.497 e. The molecule has 0 unspecified atom stereocenters. The highest BCUT2D eigenvalue weighted by molar-refractivity contribution is 5.79. The van der Waals surface area contributed by atoms with Crippen LogP contribution in [-0.2, 0) is 17.8 Å². The maximum absolute atomic E-state index is 12.9. The van der Waals surface area contributed by atoms with Crippen molar-refractivity contribution in [1.82, 2.24) is 14.3 Å². The number of amides is 1. The standard InChI is InChI=1S/C20H21N3O2/c1-25-18-9-5-15(6-10-18)12-20(24)23(16-7-8-16)14-17-13-21-19-4-2-3-11-22(17)19/h2-6,9-11,13,16H,7-8,12,14H2,1H3. The predicted molar refractivity (Wildman–Crippen MR) is 95.5 cm³/mol. The molecule has 1 fully saturated rings. The van der Waals surface area contributed by atoms with Crippen molar-refractivity contribution in [2.45, 2.75) is 31.8 Å². The average Bonchev–Trinajstić information content (AvgIpc) is 3.41. The zero-order valence-electron chi connectivity index (χ0n) is 14.3. The van der Waals surface area contributed by atoms with Gasteiger partial charge in [-0.2, -0.15) is 0 Å². The molecule has 0 aliphatic heterocycles. The molecular weight excluding hydrogens is 314 g/mol. The third-order valence-corrected chi connectivity index (χ3v) is 4.65. The van der Waals surface area contributed by atoms with Gasteiger partial charge in [-0.05, 0) is 42.7 Å². The first kappa shape index (κ1) is 15.7. The van der Waals surface area contributed by atoms with Gasteiger partial charge < -0.3 is 14.0 Å². The summed E-state index contributed by atoms with van der Waals surface area (Å²) in [4.78, 5) is 19.3. The van der Waals surface area contributed by atoms with Crippen LogP contribution in [0.5, 0.6) is 5.75 Å². The van der Waals surface area contributed by atoms with Crippen LogP contribution in [0.4, 0.5) is 0 Å². The molecule has 2 aromatic heterocycles. The van der Waals surface area contributed by atoms with Crippen LogP contribution in [0, 0.1) is 0 Å². The summed E-state index contributed by atoms with van der Waals surface area (Å²) in [5.74, 6) is 0.972. The van der Waals surface area contributed by atoms with E-state index in [4.69, 9.17) is 4.74 Å². The third-order valence-electron chi connectivity index (χ3n) is 4.65. The quantitative estimate of drug-likeness (QED) is 0.695. The molecule has 5 heteroatoms. The van der Waals surface area contributed by atoms with E-state index in [2.05, 4.69) is 9.38 Å². The van der Waals surface area contributed by atoms with Gasteiger partial charge in [0.2, 0.25) is 5.91 Å².